The zero-order chi connectivity index (χ0) is 20.5. The summed E-state index contributed by atoms with van der Waals surface area (Å²) in [7, 11) is 0. The van der Waals surface area contributed by atoms with Crippen LogP contribution in [-0.4, -0.2) is 19.9 Å². The maximum absolute atomic E-state index is 13.6. The van der Waals surface area contributed by atoms with Gasteiger partial charge in [-0.05, 0) is 48.9 Å². The third kappa shape index (κ3) is 3.57. The number of benzene rings is 2. The van der Waals surface area contributed by atoms with Crippen LogP contribution in [0.4, 0.5) is 4.39 Å². The Morgan fingerprint density at radius 1 is 0.800 bits per heavy atom. The maximum Gasteiger partial charge on any atom is 0.123 e. The molecule has 0 radical (unpaired) electrons. The molecule has 0 aliphatic rings. The van der Waals surface area contributed by atoms with Crippen LogP contribution in [0.2, 0.25) is 0 Å². The van der Waals surface area contributed by atoms with Gasteiger partial charge in [-0.2, -0.15) is 0 Å². The molecule has 0 unspecified atom stereocenters. The minimum absolute atomic E-state index is 0.254. The van der Waals surface area contributed by atoms with Crippen molar-refractivity contribution < 1.29 is 4.39 Å². The summed E-state index contributed by atoms with van der Waals surface area (Å²) >= 11 is 0. The number of hydrogen-bond donors (Lipinski definition) is 1. The monoisotopic (exact) mass is 394 g/mol. The molecule has 0 aliphatic heterocycles. The van der Waals surface area contributed by atoms with E-state index in [1.807, 2.05) is 61.5 Å². The molecule has 146 valence electrons. The normalized spacial score (nSPS) is 11.1. The summed E-state index contributed by atoms with van der Waals surface area (Å²) in [6, 6.07) is 24.5. The third-order valence-corrected chi connectivity index (χ3v) is 5.00. The number of pyridine rings is 2. The predicted octanol–water partition coefficient (Wildman–Crippen LogP) is 5.73. The molecule has 2 aromatic carbocycles. The third-order valence-electron chi connectivity index (χ3n) is 5.00. The van der Waals surface area contributed by atoms with E-state index in [9.17, 15) is 4.39 Å². The summed E-state index contributed by atoms with van der Waals surface area (Å²) in [5.74, 6) is 0.486. The highest BCUT2D eigenvalue weighted by Crippen LogP contribution is 2.30. The number of aromatic amines is 1. The number of nitrogens with one attached hydrogen (secondary N) is 1. The van der Waals surface area contributed by atoms with Gasteiger partial charge in [-0.1, -0.05) is 42.5 Å². The number of halogens is 1. The molecule has 0 atom stereocenters. The first-order chi connectivity index (χ1) is 14.7. The maximum atomic E-state index is 13.6. The lowest BCUT2D eigenvalue weighted by atomic mass is 10.1. The molecule has 0 amide bonds. The fourth-order valence-electron chi connectivity index (χ4n) is 3.60. The number of fused-ring (bicyclic) bond motifs is 1. The topological polar surface area (TPSA) is 54.5 Å². The van der Waals surface area contributed by atoms with Crippen molar-refractivity contribution >= 4 is 10.9 Å². The molecule has 3 aromatic heterocycles. The molecule has 1 N–H and O–H groups in total. The van der Waals surface area contributed by atoms with Crippen molar-refractivity contribution in [3.05, 3.63) is 102 Å². The summed E-state index contributed by atoms with van der Waals surface area (Å²) < 4.78 is 13.6. The fourth-order valence-corrected chi connectivity index (χ4v) is 3.60. The molecule has 0 saturated heterocycles. The van der Waals surface area contributed by atoms with Crippen LogP contribution in [0.3, 0.4) is 0 Å². The van der Waals surface area contributed by atoms with Crippen molar-refractivity contribution in [3.8, 4) is 22.8 Å². The van der Waals surface area contributed by atoms with E-state index in [-0.39, 0.29) is 5.82 Å². The molecule has 0 saturated carbocycles. The minimum atomic E-state index is -0.254. The quantitative estimate of drug-likeness (QED) is 0.424. The molecule has 5 rings (SSSR count). The number of aryl methyl sites for hydroxylation is 1. The van der Waals surface area contributed by atoms with Crippen LogP contribution in [0.5, 0.6) is 0 Å². The van der Waals surface area contributed by atoms with Gasteiger partial charge in [0.05, 0.1) is 22.6 Å². The number of para-hydroxylation sites is 1. The Bertz CT molecular complexity index is 1360. The van der Waals surface area contributed by atoms with E-state index in [1.54, 1.807) is 6.07 Å². The Kier molecular flexibility index (Phi) is 4.56. The number of hydrogen-bond acceptors (Lipinski definition) is 3. The van der Waals surface area contributed by atoms with Crippen LogP contribution in [0.15, 0.2) is 78.9 Å². The molecule has 5 heteroatoms. The van der Waals surface area contributed by atoms with E-state index in [0.29, 0.717) is 6.42 Å². The van der Waals surface area contributed by atoms with Crippen LogP contribution in [0, 0.1) is 12.7 Å². The van der Waals surface area contributed by atoms with Gasteiger partial charge in [-0.3, -0.25) is 4.98 Å². The van der Waals surface area contributed by atoms with Gasteiger partial charge in [0, 0.05) is 17.5 Å². The van der Waals surface area contributed by atoms with Crippen LogP contribution >= 0.6 is 0 Å². The van der Waals surface area contributed by atoms with E-state index in [4.69, 9.17) is 9.97 Å². The lowest BCUT2D eigenvalue weighted by Gasteiger charge is -2.04. The van der Waals surface area contributed by atoms with Crippen LogP contribution < -0.4 is 0 Å². The highest BCUT2D eigenvalue weighted by atomic mass is 19.1. The Balaban J connectivity index is 1.64. The predicted molar refractivity (Wildman–Crippen MR) is 116 cm³/mol. The average Bonchev–Trinajstić information content (AvgIpc) is 3.17. The van der Waals surface area contributed by atoms with E-state index >= 15 is 0 Å². The molecular formula is C25H19FN4. The number of aromatic nitrogens is 4. The number of rotatable bonds is 4. The van der Waals surface area contributed by atoms with E-state index in [1.165, 1.54) is 12.1 Å². The Morgan fingerprint density at radius 2 is 1.67 bits per heavy atom. The molecule has 5 aromatic rings. The molecule has 0 spiro atoms. The fraction of sp³-hybridized carbons (Fsp3) is 0.0800. The van der Waals surface area contributed by atoms with Crippen molar-refractivity contribution in [2.75, 3.05) is 0 Å². The Morgan fingerprint density at radius 3 is 2.53 bits per heavy atom. The van der Waals surface area contributed by atoms with Gasteiger partial charge in [0.25, 0.3) is 0 Å². The Labute approximate surface area is 173 Å². The van der Waals surface area contributed by atoms with Crippen molar-refractivity contribution in [1.29, 1.82) is 0 Å². The summed E-state index contributed by atoms with van der Waals surface area (Å²) in [6.45, 7) is 1.96. The highest BCUT2D eigenvalue weighted by molar-refractivity contribution is 5.83. The van der Waals surface area contributed by atoms with Gasteiger partial charge in [0.15, 0.2) is 0 Å². The second kappa shape index (κ2) is 7.52. The van der Waals surface area contributed by atoms with Gasteiger partial charge in [0.2, 0.25) is 0 Å². The molecule has 3 heterocycles. The van der Waals surface area contributed by atoms with Crippen molar-refractivity contribution in [2.45, 2.75) is 13.3 Å². The van der Waals surface area contributed by atoms with Gasteiger partial charge < -0.3 is 4.98 Å². The van der Waals surface area contributed by atoms with E-state index in [0.717, 1.165) is 50.8 Å². The second-order valence-electron chi connectivity index (χ2n) is 7.27. The SMILES string of the molecule is Cc1cccc(-c2nc(Cc3cccc(F)c3)[nH]c2-c2ccc3ccccc3n2)n1. The molecule has 0 aliphatic carbocycles. The number of H-pyrrole nitrogens is 1. The summed E-state index contributed by atoms with van der Waals surface area (Å²) in [6.07, 6.45) is 0.490. The summed E-state index contributed by atoms with van der Waals surface area (Å²) in [5.41, 5.74) is 5.81. The second-order valence-corrected chi connectivity index (χ2v) is 7.27. The van der Waals surface area contributed by atoms with Gasteiger partial charge in [-0.25, -0.2) is 14.4 Å². The first-order valence-corrected chi connectivity index (χ1v) is 9.79. The van der Waals surface area contributed by atoms with Gasteiger partial charge in [-0.15, -0.1) is 0 Å². The molecular weight excluding hydrogens is 375 g/mol. The number of nitrogens with zero attached hydrogens (tertiary/aromatic N) is 3. The first-order valence-electron chi connectivity index (χ1n) is 9.79. The van der Waals surface area contributed by atoms with Crippen LogP contribution in [0.25, 0.3) is 33.7 Å². The standard InChI is InChI=1S/C25H19FN4/c1-16-6-4-11-21(27-16)24-25(22-13-12-18-8-2-3-10-20(18)28-22)30-23(29-24)15-17-7-5-9-19(26)14-17/h2-14H,15H2,1H3,(H,29,30). The molecule has 0 fully saturated rings. The average molecular weight is 394 g/mol. The first kappa shape index (κ1) is 18.2. The van der Waals surface area contributed by atoms with Crippen molar-refractivity contribution in [1.82, 2.24) is 19.9 Å². The highest BCUT2D eigenvalue weighted by Gasteiger charge is 2.17. The van der Waals surface area contributed by atoms with Gasteiger partial charge in [0.1, 0.15) is 17.3 Å². The van der Waals surface area contributed by atoms with Crippen LogP contribution in [-0.2, 0) is 6.42 Å². The lowest BCUT2D eigenvalue weighted by Crippen LogP contribution is -1.92. The minimum Gasteiger partial charge on any atom is -0.340 e. The van der Waals surface area contributed by atoms with Crippen molar-refractivity contribution in [3.63, 3.8) is 0 Å². The Hall–Kier alpha value is -3.86. The van der Waals surface area contributed by atoms with Gasteiger partial charge >= 0.3 is 0 Å². The molecule has 0 bridgehead atoms. The zero-order valence-electron chi connectivity index (χ0n) is 16.4. The smallest absolute Gasteiger partial charge is 0.123 e. The summed E-state index contributed by atoms with van der Waals surface area (Å²) in [4.78, 5) is 17.7. The zero-order valence-corrected chi connectivity index (χ0v) is 16.4. The van der Waals surface area contributed by atoms with E-state index in [2.05, 4.69) is 16.0 Å². The lowest BCUT2D eigenvalue weighted by molar-refractivity contribution is 0.626. The van der Waals surface area contributed by atoms with E-state index < -0.39 is 0 Å². The van der Waals surface area contributed by atoms with Crippen LogP contribution in [0.1, 0.15) is 17.1 Å². The number of imidazole rings is 1. The van der Waals surface area contributed by atoms with Crippen molar-refractivity contribution in [2.24, 2.45) is 0 Å². The molecule has 30 heavy (non-hydrogen) atoms. The summed E-state index contributed by atoms with van der Waals surface area (Å²) in [5, 5.41) is 1.08. The molecule has 4 nitrogen and oxygen atoms in total. The largest absolute Gasteiger partial charge is 0.340 e.